The van der Waals surface area contributed by atoms with Crippen LogP contribution in [0.3, 0.4) is 0 Å². The van der Waals surface area contributed by atoms with Crippen LogP contribution in [0, 0.1) is 20.8 Å². The fourth-order valence-corrected chi connectivity index (χ4v) is 1.95. The van der Waals surface area contributed by atoms with Gasteiger partial charge in [-0.05, 0) is 49.1 Å². The lowest BCUT2D eigenvalue weighted by Gasteiger charge is -2.12. The van der Waals surface area contributed by atoms with Gasteiger partial charge in [-0.25, -0.2) is 0 Å². The van der Waals surface area contributed by atoms with Crippen molar-refractivity contribution in [1.29, 1.82) is 0 Å². The van der Waals surface area contributed by atoms with Crippen LogP contribution in [0.2, 0.25) is 0 Å². The van der Waals surface area contributed by atoms with Crippen LogP contribution in [-0.4, -0.2) is 5.11 Å². The first-order chi connectivity index (χ1) is 7.61. The molecule has 0 saturated heterocycles. The van der Waals surface area contributed by atoms with E-state index < -0.39 is 0 Å². The van der Waals surface area contributed by atoms with Crippen LogP contribution < -0.4 is 0 Å². The van der Waals surface area contributed by atoms with Gasteiger partial charge >= 0.3 is 0 Å². The molecule has 0 spiro atoms. The SMILES string of the molecule is Cc1ccc(-c2ccccc2O)c(C)c1C. The Morgan fingerprint density at radius 2 is 1.44 bits per heavy atom. The van der Waals surface area contributed by atoms with Crippen molar-refractivity contribution in [3.05, 3.63) is 53.1 Å². The Bertz CT molecular complexity index is 527. The quantitative estimate of drug-likeness (QED) is 0.758. The van der Waals surface area contributed by atoms with Gasteiger partial charge in [-0.2, -0.15) is 0 Å². The Morgan fingerprint density at radius 3 is 2.12 bits per heavy atom. The number of aryl methyl sites for hydroxylation is 1. The molecule has 0 aliphatic carbocycles. The van der Waals surface area contributed by atoms with Crippen molar-refractivity contribution < 1.29 is 5.11 Å². The summed E-state index contributed by atoms with van der Waals surface area (Å²) in [7, 11) is 0. The molecule has 0 fully saturated rings. The first kappa shape index (κ1) is 10.7. The molecule has 2 aromatic carbocycles. The molecule has 0 amide bonds. The van der Waals surface area contributed by atoms with Gasteiger partial charge in [0, 0.05) is 5.56 Å². The molecule has 1 nitrogen and oxygen atoms in total. The third-order valence-corrected chi connectivity index (χ3v) is 3.25. The van der Waals surface area contributed by atoms with E-state index in [2.05, 4.69) is 32.9 Å². The summed E-state index contributed by atoms with van der Waals surface area (Å²) in [4.78, 5) is 0. The topological polar surface area (TPSA) is 20.2 Å². The van der Waals surface area contributed by atoms with Crippen molar-refractivity contribution in [3.63, 3.8) is 0 Å². The molecule has 0 unspecified atom stereocenters. The fraction of sp³-hybridized carbons (Fsp3) is 0.200. The number of para-hydroxylation sites is 1. The number of hydrogen-bond donors (Lipinski definition) is 1. The number of phenolic OH excluding ortho intramolecular Hbond substituents is 1. The molecule has 0 aromatic heterocycles. The highest BCUT2D eigenvalue weighted by Gasteiger charge is 2.08. The van der Waals surface area contributed by atoms with Gasteiger partial charge in [0.15, 0.2) is 0 Å². The second kappa shape index (κ2) is 4.01. The first-order valence-electron chi connectivity index (χ1n) is 5.46. The Balaban J connectivity index is 2.66. The molecule has 1 heteroatoms. The molecule has 0 aliphatic heterocycles. The third kappa shape index (κ3) is 1.69. The summed E-state index contributed by atoms with van der Waals surface area (Å²) in [5, 5.41) is 9.85. The van der Waals surface area contributed by atoms with E-state index in [1.165, 1.54) is 16.7 Å². The lowest BCUT2D eigenvalue weighted by atomic mass is 9.94. The van der Waals surface area contributed by atoms with Crippen LogP contribution in [-0.2, 0) is 0 Å². The molecule has 16 heavy (non-hydrogen) atoms. The number of hydrogen-bond acceptors (Lipinski definition) is 1. The lowest BCUT2D eigenvalue weighted by molar-refractivity contribution is 0.477. The molecular weight excluding hydrogens is 196 g/mol. The molecule has 2 rings (SSSR count). The minimum absolute atomic E-state index is 0.342. The van der Waals surface area contributed by atoms with Gasteiger partial charge in [-0.1, -0.05) is 30.3 Å². The summed E-state index contributed by atoms with van der Waals surface area (Å²) in [5.74, 6) is 0.342. The fourth-order valence-electron chi connectivity index (χ4n) is 1.95. The zero-order chi connectivity index (χ0) is 11.7. The first-order valence-corrected chi connectivity index (χ1v) is 5.46. The van der Waals surface area contributed by atoms with Crippen LogP contribution >= 0.6 is 0 Å². The van der Waals surface area contributed by atoms with Gasteiger partial charge in [-0.15, -0.1) is 0 Å². The van der Waals surface area contributed by atoms with Crippen molar-refractivity contribution in [2.75, 3.05) is 0 Å². The maximum absolute atomic E-state index is 9.85. The average molecular weight is 212 g/mol. The summed E-state index contributed by atoms with van der Waals surface area (Å²) in [6.45, 7) is 6.33. The predicted octanol–water partition coefficient (Wildman–Crippen LogP) is 3.98. The van der Waals surface area contributed by atoms with Gasteiger partial charge in [-0.3, -0.25) is 0 Å². The molecule has 2 aromatic rings. The van der Waals surface area contributed by atoms with E-state index in [1.54, 1.807) is 6.07 Å². The maximum Gasteiger partial charge on any atom is 0.123 e. The average Bonchev–Trinajstić information content (AvgIpc) is 2.28. The van der Waals surface area contributed by atoms with E-state index in [0.29, 0.717) is 5.75 Å². The van der Waals surface area contributed by atoms with E-state index in [-0.39, 0.29) is 0 Å². The van der Waals surface area contributed by atoms with Crippen LogP contribution in [0.5, 0.6) is 5.75 Å². The summed E-state index contributed by atoms with van der Waals surface area (Å²) >= 11 is 0. The van der Waals surface area contributed by atoms with Crippen molar-refractivity contribution in [2.24, 2.45) is 0 Å². The highest BCUT2D eigenvalue weighted by Crippen LogP contribution is 2.33. The van der Waals surface area contributed by atoms with Crippen LogP contribution in [0.15, 0.2) is 36.4 Å². The van der Waals surface area contributed by atoms with Crippen molar-refractivity contribution in [1.82, 2.24) is 0 Å². The van der Waals surface area contributed by atoms with E-state index in [9.17, 15) is 5.11 Å². The van der Waals surface area contributed by atoms with E-state index in [1.807, 2.05) is 18.2 Å². The molecule has 0 bridgehead atoms. The Morgan fingerprint density at radius 1 is 0.750 bits per heavy atom. The van der Waals surface area contributed by atoms with E-state index in [0.717, 1.165) is 11.1 Å². The van der Waals surface area contributed by atoms with E-state index in [4.69, 9.17) is 0 Å². The maximum atomic E-state index is 9.85. The summed E-state index contributed by atoms with van der Waals surface area (Å²) in [5.41, 5.74) is 5.84. The molecule has 0 atom stereocenters. The smallest absolute Gasteiger partial charge is 0.123 e. The third-order valence-electron chi connectivity index (χ3n) is 3.25. The van der Waals surface area contributed by atoms with Crippen LogP contribution in [0.1, 0.15) is 16.7 Å². The summed E-state index contributed by atoms with van der Waals surface area (Å²) < 4.78 is 0. The van der Waals surface area contributed by atoms with Gasteiger partial charge < -0.3 is 5.11 Å². The van der Waals surface area contributed by atoms with Crippen LogP contribution in [0.4, 0.5) is 0 Å². The van der Waals surface area contributed by atoms with Gasteiger partial charge in [0.25, 0.3) is 0 Å². The second-order valence-corrected chi connectivity index (χ2v) is 4.20. The number of benzene rings is 2. The van der Waals surface area contributed by atoms with Crippen LogP contribution in [0.25, 0.3) is 11.1 Å². The standard InChI is InChI=1S/C15H16O/c1-10-8-9-13(12(3)11(10)2)14-6-4-5-7-15(14)16/h4-9,16H,1-3H3. The summed E-state index contributed by atoms with van der Waals surface area (Å²) in [6.07, 6.45) is 0. The molecule has 0 radical (unpaired) electrons. The van der Waals surface area contributed by atoms with Gasteiger partial charge in [0.2, 0.25) is 0 Å². The zero-order valence-corrected chi connectivity index (χ0v) is 9.91. The van der Waals surface area contributed by atoms with Crippen molar-refractivity contribution >= 4 is 0 Å². The second-order valence-electron chi connectivity index (χ2n) is 4.20. The van der Waals surface area contributed by atoms with E-state index >= 15 is 0 Å². The lowest BCUT2D eigenvalue weighted by Crippen LogP contribution is -1.90. The predicted molar refractivity (Wildman–Crippen MR) is 67.8 cm³/mol. The summed E-state index contributed by atoms with van der Waals surface area (Å²) in [6, 6.07) is 11.6. The highest BCUT2D eigenvalue weighted by atomic mass is 16.3. The van der Waals surface area contributed by atoms with Gasteiger partial charge in [0.05, 0.1) is 0 Å². The number of phenols is 1. The molecule has 0 heterocycles. The van der Waals surface area contributed by atoms with Crippen molar-refractivity contribution in [2.45, 2.75) is 20.8 Å². The van der Waals surface area contributed by atoms with Gasteiger partial charge in [0.1, 0.15) is 5.75 Å². The van der Waals surface area contributed by atoms with Crippen molar-refractivity contribution in [3.8, 4) is 16.9 Å². The minimum atomic E-state index is 0.342. The number of aromatic hydroxyl groups is 1. The molecule has 82 valence electrons. The molecule has 0 saturated carbocycles. The Hall–Kier alpha value is -1.76. The largest absolute Gasteiger partial charge is 0.507 e. The normalized spacial score (nSPS) is 10.4. The highest BCUT2D eigenvalue weighted by molar-refractivity contribution is 5.74. The Labute approximate surface area is 96.4 Å². The number of rotatable bonds is 1. The molecule has 0 aliphatic rings. The zero-order valence-electron chi connectivity index (χ0n) is 9.91. The minimum Gasteiger partial charge on any atom is -0.507 e. The molecular formula is C15H16O. The Kier molecular flexibility index (Phi) is 2.69. The molecule has 1 N–H and O–H groups in total. The monoisotopic (exact) mass is 212 g/mol.